The van der Waals surface area contributed by atoms with E-state index in [-0.39, 0.29) is 10.7 Å². The van der Waals surface area contributed by atoms with Gasteiger partial charge in [0.1, 0.15) is 5.82 Å². The van der Waals surface area contributed by atoms with Gasteiger partial charge in [0.25, 0.3) is 0 Å². The van der Waals surface area contributed by atoms with Gasteiger partial charge in [0.05, 0.1) is 4.90 Å². The van der Waals surface area contributed by atoms with E-state index in [4.69, 9.17) is 5.14 Å². The van der Waals surface area contributed by atoms with Crippen molar-refractivity contribution in [1.29, 1.82) is 0 Å². The molecular formula is C15H17FN2O2S. The topological polar surface area (TPSA) is 72.2 Å². The molecule has 21 heavy (non-hydrogen) atoms. The zero-order valence-electron chi connectivity index (χ0n) is 11.9. The van der Waals surface area contributed by atoms with Crippen LogP contribution in [0.2, 0.25) is 0 Å². The third kappa shape index (κ3) is 3.59. The number of rotatable bonds is 4. The van der Waals surface area contributed by atoms with E-state index in [1.54, 1.807) is 32.0 Å². The lowest BCUT2D eigenvalue weighted by Crippen LogP contribution is -2.14. The number of nitrogens with one attached hydrogen (secondary N) is 1. The first kappa shape index (κ1) is 15.5. The number of aryl methyl sites for hydroxylation is 1. The van der Waals surface area contributed by atoms with Gasteiger partial charge >= 0.3 is 0 Å². The summed E-state index contributed by atoms with van der Waals surface area (Å²) in [4.78, 5) is 0.0857. The molecule has 0 saturated heterocycles. The highest BCUT2D eigenvalue weighted by Gasteiger charge is 2.13. The summed E-state index contributed by atoms with van der Waals surface area (Å²) in [7, 11) is -3.75. The lowest BCUT2D eigenvalue weighted by Gasteiger charge is -2.12. The number of hydrogen-bond donors (Lipinski definition) is 2. The van der Waals surface area contributed by atoms with Crippen molar-refractivity contribution in [3.63, 3.8) is 0 Å². The summed E-state index contributed by atoms with van der Waals surface area (Å²) < 4.78 is 36.4. The first-order valence-electron chi connectivity index (χ1n) is 6.40. The monoisotopic (exact) mass is 308 g/mol. The normalized spacial score (nSPS) is 11.4. The predicted molar refractivity (Wildman–Crippen MR) is 81.0 cm³/mol. The second-order valence-electron chi connectivity index (χ2n) is 4.91. The highest BCUT2D eigenvalue weighted by Crippen LogP contribution is 2.22. The van der Waals surface area contributed by atoms with E-state index in [1.807, 2.05) is 6.07 Å². The molecular weight excluding hydrogens is 291 g/mol. The maximum Gasteiger partial charge on any atom is 0.238 e. The van der Waals surface area contributed by atoms with Crippen LogP contribution in [0, 0.1) is 19.7 Å². The van der Waals surface area contributed by atoms with E-state index in [2.05, 4.69) is 5.32 Å². The lowest BCUT2D eigenvalue weighted by molar-refractivity contribution is 0.597. The van der Waals surface area contributed by atoms with Crippen LogP contribution in [-0.2, 0) is 16.6 Å². The fraction of sp³-hybridized carbons (Fsp3) is 0.200. The molecule has 0 aliphatic heterocycles. The summed E-state index contributed by atoms with van der Waals surface area (Å²) in [6.45, 7) is 3.77. The summed E-state index contributed by atoms with van der Waals surface area (Å²) in [6.07, 6.45) is 0. The van der Waals surface area contributed by atoms with Crippen molar-refractivity contribution in [3.05, 3.63) is 58.9 Å². The standard InChI is InChI=1S/C15H17FN2O2S/c1-10-6-7-12(8-13(10)16)9-18-14-4-3-5-15(11(14)2)21(17,19)20/h3-8,18H,9H2,1-2H3,(H2,17,19,20). The molecule has 3 N–H and O–H groups in total. The minimum absolute atomic E-state index is 0.0857. The summed E-state index contributed by atoms with van der Waals surface area (Å²) in [6, 6.07) is 9.83. The van der Waals surface area contributed by atoms with Gasteiger partial charge in [-0.05, 0) is 48.7 Å². The van der Waals surface area contributed by atoms with Gasteiger partial charge in [-0.25, -0.2) is 17.9 Å². The summed E-state index contributed by atoms with van der Waals surface area (Å²) in [5, 5.41) is 8.27. The van der Waals surface area contributed by atoms with E-state index in [0.29, 0.717) is 23.4 Å². The molecule has 0 aliphatic rings. The molecule has 0 heterocycles. The second kappa shape index (κ2) is 5.83. The molecule has 2 aromatic rings. The van der Waals surface area contributed by atoms with Crippen LogP contribution in [0.15, 0.2) is 41.3 Å². The highest BCUT2D eigenvalue weighted by atomic mass is 32.2. The van der Waals surface area contributed by atoms with E-state index in [0.717, 1.165) is 5.56 Å². The van der Waals surface area contributed by atoms with Gasteiger partial charge in [-0.15, -0.1) is 0 Å². The van der Waals surface area contributed by atoms with Crippen LogP contribution in [0.1, 0.15) is 16.7 Å². The van der Waals surface area contributed by atoms with Gasteiger partial charge in [0.15, 0.2) is 0 Å². The van der Waals surface area contributed by atoms with Crippen molar-refractivity contribution < 1.29 is 12.8 Å². The third-order valence-corrected chi connectivity index (χ3v) is 4.37. The molecule has 0 saturated carbocycles. The Labute approximate surface area is 123 Å². The fourth-order valence-corrected chi connectivity index (χ4v) is 2.86. The van der Waals surface area contributed by atoms with Gasteiger partial charge in [0.2, 0.25) is 10.0 Å². The highest BCUT2D eigenvalue weighted by molar-refractivity contribution is 7.89. The summed E-state index contributed by atoms with van der Waals surface area (Å²) in [5.74, 6) is -0.260. The minimum Gasteiger partial charge on any atom is -0.381 e. The molecule has 0 atom stereocenters. The minimum atomic E-state index is -3.75. The Balaban J connectivity index is 2.23. The van der Waals surface area contributed by atoms with Crippen LogP contribution in [0.4, 0.5) is 10.1 Å². The molecule has 0 amide bonds. The Bertz CT molecular complexity index is 773. The largest absolute Gasteiger partial charge is 0.381 e. The first-order chi connectivity index (χ1) is 9.79. The van der Waals surface area contributed by atoms with E-state index in [1.165, 1.54) is 12.1 Å². The number of benzene rings is 2. The Hall–Kier alpha value is -1.92. The van der Waals surface area contributed by atoms with Crippen LogP contribution in [0.25, 0.3) is 0 Å². The van der Waals surface area contributed by atoms with E-state index in [9.17, 15) is 12.8 Å². The molecule has 0 unspecified atom stereocenters. The van der Waals surface area contributed by atoms with E-state index < -0.39 is 10.0 Å². The quantitative estimate of drug-likeness (QED) is 0.912. The van der Waals surface area contributed by atoms with Crippen molar-refractivity contribution in [1.82, 2.24) is 0 Å². The Kier molecular flexibility index (Phi) is 4.29. The average molecular weight is 308 g/mol. The maximum absolute atomic E-state index is 13.5. The Morgan fingerprint density at radius 3 is 2.52 bits per heavy atom. The molecule has 2 aromatic carbocycles. The molecule has 4 nitrogen and oxygen atoms in total. The summed E-state index contributed by atoms with van der Waals surface area (Å²) >= 11 is 0. The number of halogens is 1. The lowest BCUT2D eigenvalue weighted by atomic mass is 10.1. The molecule has 0 spiro atoms. The van der Waals surface area contributed by atoms with Crippen molar-refractivity contribution in [2.24, 2.45) is 5.14 Å². The number of nitrogens with two attached hydrogens (primary N) is 1. The molecule has 0 aromatic heterocycles. The number of sulfonamides is 1. The van der Waals surface area contributed by atoms with Gasteiger partial charge in [-0.1, -0.05) is 18.2 Å². The van der Waals surface area contributed by atoms with Gasteiger partial charge in [-0.2, -0.15) is 0 Å². The van der Waals surface area contributed by atoms with Crippen molar-refractivity contribution in [2.45, 2.75) is 25.3 Å². The van der Waals surface area contributed by atoms with Crippen LogP contribution in [-0.4, -0.2) is 8.42 Å². The molecule has 0 aliphatic carbocycles. The van der Waals surface area contributed by atoms with Crippen molar-refractivity contribution in [3.8, 4) is 0 Å². The van der Waals surface area contributed by atoms with Crippen LogP contribution < -0.4 is 10.5 Å². The predicted octanol–water partition coefficient (Wildman–Crippen LogP) is 2.70. The third-order valence-electron chi connectivity index (χ3n) is 3.31. The fourth-order valence-electron chi connectivity index (χ4n) is 2.06. The Morgan fingerprint density at radius 1 is 1.19 bits per heavy atom. The number of primary sulfonamides is 1. The SMILES string of the molecule is Cc1ccc(CNc2cccc(S(N)(=O)=O)c2C)cc1F. The molecule has 6 heteroatoms. The summed E-state index contributed by atoms with van der Waals surface area (Å²) in [5.41, 5.74) is 2.57. The van der Waals surface area contributed by atoms with Crippen LogP contribution in [0.3, 0.4) is 0 Å². The zero-order valence-corrected chi connectivity index (χ0v) is 12.7. The van der Waals surface area contributed by atoms with Gasteiger partial charge in [-0.3, -0.25) is 0 Å². The van der Waals surface area contributed by atoms with Crippen molar-refractivity contribution in [2.75, 3.05) is 5.32 Å². The van der Waals surface area contributed by atoms with Gasteiger partial charge < -0.3 is 5.32 Å². The second-order valence-corrected chi connectivity index (χ2v) is 6.44. The molecule has 112 valence electrons. The molecule has 0 fully saturated rings. The van der Waals surface area contributed by atoms with Crippen LogP contribution in [0.5, 0.6) is 0 Å². The Morgan fingerprint density at radius 2 is 1.90 bits per heavy atom. The number of anilines is 1. The molecule has 2 rings (SSSR count). The zero-order chi connectivity index (χ0) is 15.6. The smallest absolute Gasteiger partial charge is 0.238 e. The van der Waals surface area contributed by atoms with Crippen LogP contribution >= 0.6 is 0 Å². The van der Waals surface area contributed by atoms with Gasteiger partial charge in [0, 0.05) is 12.2 Å². The number of hydrogen-bond acceptors (Lipinski definition) is 3. The molecule has 0 bridgehead atoms. The maximum atomic E-state index is 13.5. The average Bonchev–Trinajstić information content (AvgIpc) is 2.40. The first-order valence-corrected chi connectivity index (χ1v) is 7.95. The van der Waals surface area contributed by atoms with Crippen molar-refractivity contribution >= 4 is 15.7 Å². The molecule has 0 radical (unpaired) electrons. The van der Waals surface area contributed by atoms with E-state index >= 15 is 0 Å².